The molecule has 3 heteroatoms. The second-order valence-electron chi connectivity index (χ2n) is 4.65. The summed E-state index contributed by atoms with van der Waals surface area (Å²) in [7, 11) is 0. The highest BCUT2D eigenvalue weighted by Gasteiger charge is 2.05. The van der Waals surface area contributed by atoms with Gasteiger partial charge in [-0.15, -0.1) is 0 Å². The van der Waals surface area contributed by atoms with Gasteiger partial charge in [0.2, 0.25) is 0 Å². The molecule has 17 heavy (non-hydrogen) atoms. The fraction of sp³-hybridized carbons (Fsp3) is 0.429. The largest absolute Gasteiger partial charge is 0.313 e. The van der Waals surface area contributed by atoms with E-state index in [1.165, 1.54) is 18.2 Å². The van der Waals surface area contributed by atoms with Gasteiger partial charge in [0.15, 0.2) is 0 Å². The number of hydrogen-bond acceptors (Lipinski definition) is 1. The molecule has 1 aromatic rings. The van der Waals surface area contributed by atoms with Crippen molar-refractivity contribution in [3.63, 3.8) is 0 Å². The first kappa shape index (κ1) is 13.8. The molecule has 0 unspecified atom stereocenters. The van der Waals surface area contributed by atoms with Crippen LogP contribution in [0.1, 0.15) is 26.3 Å². The van der Waals surface area contributed by atoms with Crippen LogP contribution in [-0.4, -0.2) is 13.1 Å². The lowest BCUT2D eigenvalue weighted by Gasteiger charge is -2.08. The van der Waals surface area contributed by atoms with Crippen LogP contribution in [0.15, 0.2) is 23.8 Å². The van der Waals surface area contributed by atoms with Crippen molar-refractivity contribution in [3.05, 3.63) is 41.0 Å². The Balaban J connectivity index is 2.67. The third-order valence-electron chi connectivity index (χ3n) is 2.35. The zero-order chi connectivity index (χ0) is 12.8. The van der Waals surface area contributed by atoms with Crippen molar-refractivity contribution >= 4 is 6.08 Å². The summed E-state index contributed by atoms with van der Waals surface area (Å²) >= 11 is 0. The third-order valence-corrected chi connectivity index (χ3v) is 2.35. The lowest BCUT2D eigenvalue weighted by molar-refractivity contribution is 0.570. The van der Waals surface area contributed by atoms with Gasteiger partial charge in [0.1, 0.15) is 11.6 Å². The topological polar surface area (TPSA) is 12.0 Å². The van der Waals surface area contributed by atoms with Crippen LogP contribution >= 0.6 is 0 Å². The van der Waals surface area contributed by atoms with Gasteiger partial charge < -0.3 is 5.32 Å². The van der Waals surface area contributed by atoms with Crippen molar-refractivity contribution < 1.29 is 8.78 Å². The van der Waals surface area contributed by atoms with E-state index in [0.717, 1.165) is 12.1 Å². The molecule has 0 saturated heterocycles. The molecule has 0 bridgehead atoms. The minimum Gasteiger partial charge on any atom is -0.313 e. The molecule has 0 aliphatic rings. The second-order valence-corrected chi connectivity index (χ2v) is 4.65. The molecule has 0 spiro atoms. The first-order valence-corrected chi connectivity index (χ1v) is 5.82. The summed E-state index contributed by atoms with van der Waals surface area (Å²) in [6, 6.07) is 3.90. The molecule has 0 radical (unpaired) electrons. The smallest absolute Gasteiger partial charge is 0.133 e. The predicted octanol–water partition coefficient (Wildman–Crippen LogP) is 3.61. The maximum atomic E-state index is 13.4. The Kier molecular flexibility index (Phi) is 5.29. The number of halogens is 2. The Morgan fingerprint density at radius 3 is 2.41 bits per heavy atom. The second kappa shape index (κ2) is 6.50. The van der Waals surface area contributed by atoms with Crippen LogP contribution in [0.5, 0.6) is 0 Å². The van der Waals surface area contributed by atoms with Crippen molar-refractivity contribution in [2.75, 3.05) is 13.1 Å². The standard InChI is InChI=1S/C14H19F2N/c1-10(2)8-17-9-11(3)7-12-13(15)5-4-6-14(12)16/h4-7,10,17H,8-9H2,1-3H3. The highest BCUT2D eigenvalue weighted by atomic mass is 19.1. The van der Waals surface area contributed by atoms with Gasteiger partial charge in [-0.25, -0.2) is 8.78 Å². The van der Waals surface area contributed by atoms with Crippen molar-refractivity contribution in [1.82, 2.24) is 5.32 Å². The van der Waals surface area contributed by atoms with E-state index >= 15 is 0 Å². The molecule has 0 aliphatic heterocycles. The van der Waals surface area contributed by atoms with Crippen molar-refractivity contribution in [3.8, 4) is 0 Å². The Morgan fingerprint density at radius 1 is 1.29 bits per heavy atom. The van der Waals surface area contributed by atoms with Gasteiger partial charge in [-0.2, -0.15) is 0 Å². The lowest BCUT2D eigenvalue weighted by Crippen LogP contribution is -2.21. The van der Waals surface area contributed by atoms with Crippen LogP contribution in [0, 0.1) is 17.6 Å². The molecule has 94 valence electrons. The van der Waals surface area contributed by atoms with Crippen LogP contribution < -0.4 is 5.32 Å². The average Bonchev–Trinajstić information content (AvgIpc) is 2.23. The Bertz CT molecular complexity index is 377. The summed E-state index contributed by atoms with van der Waals surface area (Å²) in [6.07, 6.45) is 1.55. The average molecular weight is 239 g/mol. The number of rotatable bonds is 5. The highest BCUT2D eigenvalue weighted by Crippen LogP contribution is 2.15. The molecule has 1 rings (SSSR count). The Morgan fingerprint density at radius 2 is 1.88 bits per heavy atom. The summed E-state index contributed by atoms with van der Waals surface area (Å²) in [4.78, 5) is 0. The molecular formula is C14H19F2N. The summed E-state index contributed by atoms with van der Waals surface area (Å²) < 4.78 is 26.7. The molecule has 0 amide bonds. The van der Waals surface area contributed by atoms with Crippen molar-refractivity contribution in [1.29, 1.82) is 0 Å². The number of benzene rings is 1. The summed E-state index contributed by atoms with van der Waals surface area (Å²) in [5.41, 5.74) is 0.950. The summed E-state index contributed by atoms with van der Waals surface area (Å²) in [5.74, 6) is -0.477. The van der Waals surface area contributed by atoms with E-state index in [1.807, 2.05) is 6.92 Å². The molecule has 0 aliphatic carbocycles. The molecule has 1 N–H and O–H groups in total. The minimum absolute atomic E-state index is 0.0383. The van der Waals surface area contributed by atoms with Gasteiger partial charge in [0.05, 0.1) is 0 Å². The third kappa shape index (κ3) is 4.65. The van der Waals surface area contributed by atoms with Crippen molar-refractivity contribution in [2.24, 2.45) is 5.92 Å². The van der Waals surface area contributed by atoms with E-state index in [4.69, 9.17) is 0 Å². The van der Waals surface area contributed by atoms with E-state index in [9.17, 15) is 8.78 Å². The minimum atomic E-state index is -0.520. The number of nitrogens with one attached hydrogen (secondary N) is 1. The maximum Gasteiger partial charge on any atom is 0.133 e. The Labute approximate surface area is 102 Å². The molecule has 0 saturated carbocycles. The van der Waals surface area contributed by atoms with Gasteiger partial charge in [-0.3, -0.25) is 0 Å². The van der Waals surface area contributed by atoms with E-state index in [0.29, 0.717) is 12.5 Å². The molecular weight excluding hydrogens is 220 g/mol. The predicted molar refractivity (Wildman–Crippen MR) is 67.7 cm³/mol. The summed E-state index contributed by atoms with van der Waals surface area (Å²) in [5, 5.41) is 3.23. The lowest BCUT2D eigenvalue weighted by atomic mass is 10.1. The van der Waals surface area contributed by atoms with E-state index in [2.05, 4.69) is 19.2 Å². The van der Waals surface area contributed by atoms with Crippen LogP contribution in [-0.2, 0) is 0 Å². The van der Waals surface area contributed by atoms with Gasteiger partial charge in [-0.1, -0.05) is 25.5 Å². The van der Waals surface area contributed by atoms with E-state index in [-0.39, 0.29) is 5.56 Å². The van der Waals surface area contributed by atoms with Crippen molar-refractivity contribution in [2.45, 2.75) is 20.8 Å². The molecule has 0 aromatic heterocycles. The SMILES string of the molecule is CC(=Cc1c(F)cccc1F)CNCC(C)C. The van der Waals surface area contributed by atoms with Crippen LogP contribution in [0.25, 0.3) is 6.08 Å². The molecule has 0 fully saturated rings. The quantitative estimate of drug-likeness (QED) is 0.827. The van der Waals surface area contributed by atoms with E-state index < -0.39 is 11.6 Å². The molecule has 1 nitrogen and oxygen atoms in total. The van der Waals surface area contributed by atoms with Crippen LogP contribution in [0.4, 0.5) is 8.78 Å². The van der Waals surface area contributed by atoms with Gasteiger partial charge in [0.25, 0.3) is 0 Å². The first-order valence-electron chi connectivity index (χ1n) is 5.82. The normalized spacial score (nSPS) is 12.2. The van der Waals surface area contributed by atoms with Crippen LogP contribution in [0.3, 0.4) is 0 Å². The van der Waals surface area contributed by atoms with Crippen LogP contribution in [0.2, 0.25) is 0 Å². The van der Waals surface area contributed by atoms with Gasteiger partial charge in [-0.05, 0) is 37.6 Å². The zero-order valence-corrected chi connectivity index (χ0v) is 10.6. The van der Waals surface area contributed by atoms with E-state index in [1.54, 1.807) is 6.08 Å². The van der Waals surface area contributed by atoms with Gasteiger partial charge in [0, 0.05) is 12.1 Å². The maximum absolute atomic E-state index is 13.4. The fourth-order valence-corrected chi connectivity index (χ4v) is 1.50. The molecule has 0 heterocycles. The molecule has 0 atom stereocenters. The zero-order valence-electron chi connectivity index (χ0n) is 10.6. The van der Waals surface area contributed by atoms with Gasteiger partial charge >= 0.3 is 0 Å². The molecule has 1 aromatic carbocycles. The monoisotopic (exact) mass is 239 g/mol. The number of hydrogen-bond donors (Lipinski definition) is 1. The summed E-state index contributed by atoms with van der Waals surface area (Å²) in [6.45, 7) is 7.63. The first-order chi connectivity index (χ1) is 8.00. The highest BCUT2D eigenvalue weighted by molar-refractivity contribution is 5.54. The fourth-order valence-electron chi connectivity index (χ4n) is 1.50. The Hall–Kier alpha value is -1.22.